The number of hydrogen-bond donors (Lipinski definition) is 2. The van der Waals surface area contributed by atoms with Crippen LogP contribution in [0.5, 0.6) is 0 Å². The van der Waals surface area contributed by atoms with Gasteiger partial charge in [-0.1, -0.05) is 72.8 Å². The molecule has 0 spiro atoms. The number of nitrogens with zero attached hydrogens (tertiary/aromatic N) is 1. The SMILES string of the molecule is COCCONC(=C1CC1)c1n[nH]c2c1C=CC(c1ccccc1)(c1ccccc1)C2. The molecular formula is C26H27N3O2. The van der Waals surface area contributed by atoms with Gasteiger partial charge in [0.2, 0.25) is 0 Å². The maximum Gasteiger partial charge on any atom is 0.118 e. The van der Waals surface area contributed by atoms with Crippen molar-refractivity contribution in [2.75, 3.05) is 20.3 Å². The number of hydrogen-bond acceptors (Lipinski definition) is 4. The Kier molecular flexibility index (Phi) is 5.45. The Balaban J connectivity index is 1.51. The molecule has 2 aromatic carbocycles. The van der Waals surface area contributed by atoms with E-state index >= 15 is 0 Å². The van der Waals surface area contributed by atoms with Crippen molar-refractivity contribution in [2.24, 2.45) is 0 Å². The van der Waals surface area contributed by atoms with Gasteiger partial charge < -0.3 is 4.74 Å². The monoisotopic (exact) mass is 413 g/mol. The van der Waals surface area contributed by atoms with Gasteiger partial charge in [0.15, 0.2) is 0 Å². The zero-order valence-corrected chi connectivity index (χ0v) is 17.7. The number of aromatic amines is 1. The van der Waals surface area contributed by atoms with Crippen molar-refractivity contribution in [1.29, 1.82) is 0 Å². The van der Waals surface area contributed by atoms with E-state index in [2.05, 4.69) is 83.4 Å². The fourth-order valence-corrected chi connectivity index (χ4v) is 4.34. The quantitative estimate of drug-likeness (QED) is 0.417. The molecule has 0 amide bonds. The normalized spacial score (nSPS) is 16.1. The summed E-state index contributed by atoms with van der Waals surface area (Å²) >= 11 is 0. The molecule has 1 heterocycles. The van der Waals surface area contributed by atoms with Crippen LogP contribution in [-0.4, -0.2) is 30.5 Å². The molecule has 0 atom stereocenters. The van der Waals surface area contributed by atoms with Crippen LogP contribution in [-0.2, 0) is 21.4 Å². The lowest BCUT2D eigenvalue weighted by Crippen LogP contribution is -2.30. The van der Waals surface area contributed by atoms with E-state index in [9.17, 15) is 0 Å². The molecule has 2 N–H and O–H groups in total. The van der Waals surface area contributed by atoms with Crippen molar-refractivity contribution in [1.82, 2.24) is 15.7 Å². The second-order valence-corrected chi connectivity index (χ2v) is 8.10. The lowest BCUT2D eigenvalue weighted by molar-refractivity contribution is 0.0331. The van der Waals surface area contributed by atoms with Crippen LogP contribution in [0, 0.1) is 0 Å². The van der Waals surface area contributed by atoms with Gasteiger partial charge in [-0.05, 0) is 29.5 Å². The molecule has 1 saturated carbocycles. The number of aromatic nitrogens is 2. The van der Waals surface area contributed by atoms with E-state index in [0.29, 0.717) is 13.2 Å². The maximum absolute atomic E-state index is 5.62. The summed E-state index contributed by atoms with van der Waals surface area (Å²) in [5.74, 6) is 0. The van der Waals surface area contributed by atoms with E-state index < -0.39 is 0 Å². The predicted octanol–water partition coefficient (Wildman–Crippen LogP) is 4.64. The van der Waals surface area contributed by atoms with E-state index in [-0.39, 0.29) is 5.41 Å². The number of methoxy groups -OCH3 is 1. The first-order chi connectivity index (χ1) is 15.3. The third-order valence-electron chi connectivity index (χ3n) is 6.10. The third kappa shape index (κ3) is 3.82. The van der Waals surface area contributed by atoms with Gasteiger partial charge in [-0.2, -0.15) is 5.10 Å². The zero-order valence-electron chi connectivity index (χ0n) is 17.7. The average molecular weight is 414 g/mol. The van der Waals surface area contributed by atoms with Crippen LogP contribution in [0.25, 0.3) is 11.8 Å². The predicted molar refractivity (Wildman–Crippen MR) is 122 cm³/mol. The average Bonchev–Trinajstić information content (AvgIpc) is 3.59. The summed E-state index contributed by atoms with van der Waals surface area (Å²) in [7, 11) is 1.67. The van der Waals surface area contributed by atoms with Crippen LogP contribution >= 0.6 is 0 Å². The van der Waals surface area contributed by atoms with E-state index in [1.54, 1.807) is 7.11 Å². The molecule has 0 unspecified atom stereocenters. The number of benzene rings is 2. The molecule has 158 valence electrons. The minimum absolute atomic E-state index is 0.228. The highest BCUT2D eigenvalue weighted by molar-refractivity contribution is 5.77. The number of H-pyrrole nitrogens is 1. The molecule has 31 heavy (non-hydrogen) atoms. The third-order valence-corrected chi connectivity index (χ3v) is 6.10. The van der Waals surface area contributed by atoms with Crippen molar-refractivity contribution in [3.63, 3.8) is 0 Å². The minimum atomic E-state index is -0.228. The number of allylic oxidation sites excluding steroid dienone is 2. The largest absolute Gasteiger partial charge is 0.382 e. The Morgan fingerprint density at radius 1 is 1.00 bits per heavy atom. The van der Waals surface area contributed by atoms with Crippen molar-refractivity contribution >= 4 is 11.8 Å². The van der Waals surface area contributed by atoms with Gasteiger partial charge in [-0.3, -0.25) is 15.4 Å². The van der Waals surface area contributed by atoms with Gasteiger partial charge in [0.25, 0.3) is 0 Å². The van der Waals surface area contributed by atoms with Crippen molar-refractivity contribution in [3.8, 4) is 0 Å². The van der Waals surface area contributed by atoms with Crippen molar-refractivity contribution in [3.05, 3.63) is 100 Å². The molecule has 0 radical (unpaired) electrons. The molecule has 0 bridgehead atoms. The first kappa shape index (κ1) is 19.8. The first-order valence-electron chi connectivity index (χ1n) is 10.8. The van der Waals surface area contributed by atoms with Crippen molar-refractivity contribution in [2.45, 2.75) is 24.7 Å². The van der Waals surface area contributed by atoms with Gasteiger partial charge in [-0.25, -0.2) is 0 Å². The molecule has 2 aliphatic rings. The highest BCUT2D eigenvalue weighted by Gasteiger charge is 2.37. The lowest BCUT2D eigenvalue weighted by Gasteiger charge is -2.34. The maximum atomic E-state index is 5.62. The Bertz CT molecular complexity index is 1050. The summed E-state index contributed by atoms with van der Waals surface area (Å²) < 4.78 is 5.07. The van der Waals surface area contributed by atoms with E-state index in [1.165, 1.54) is 16.7 Å². The number of fused-ring (bicyclic) bond motifs is 1. The summed E-state index contributed by atoms with van der Waals surface area (Å²) in [6.45, 7) is 1.03. The van der Waals surface area contributed by atoms with Gasteiger partial charge in [-0.15, -0.1) is 0 Å². The van der Waals surface area contributed by atoms with Gasteiger partial charge in [0.1, 0.15) is 5.69 Å². The molecule has 0 saturated heterocycles. The molecular weight excluding hydrogens is 386 g/mol. The molecule has 0 aliphatic heterocycles. The second-order valence-electron chi connectivity index (χ2n) is 8.10. The molecule has 5 rings (SSSR count). The summed E-state index contributed by atoms with van der Waals surface area (Å²) in [4.78, 5) is 5.62. The fourth-order valence-electron chi connectivity index (χ4n) is 4.34. The summed E-state index contributed by atoms with van der Waals surface area (Å²) in [5, 5.41) is 8.03. The van der Waals surface area contributed by atoms with Crippen LogP contribution in [0.3, 0.4) is 0 Å². The number of rotatable bonds is 8. The standard InChI is InChI=1S/C26H27N3O2/c1-30-16-17-31-29-24(19-12-13-19)25-22-14-15-26(18-23(22)27-28-25,20-8-4-2-5-9-20)21-10-6-3-7-11-21/h2-11,14-15,29H,12-13,16-18H2,1H3,(H,27,28). The van der Waals surface area contributed by atoms with E-state index in [1.807, 2.05) is 0 Å². The second kappa shape index (κ2) is 8.53. The lowest BCUT2D eigenvalue weighted by atomic mass is 9.68. The van der Waals surface area contributed by atoms with Gasteiger partial charge >= 0.3 is 0 Å². The Morgan fingerprint density at radius 2 is 1.68 bits per heavy atom. The van der Waals surface area contributed by atoms with Crippen LogP contribution in [0.2, 0.25) is 0 Å². The fraction of sp³-hybridized carbons (Fsp3) is 0.269. The molecule has 1 aromatic heterocycles. The molecule has 5 heteroatoms. The zero-order chi connectivity index (χ0) is 21.1. The molecule has 3 aromatic rings. The van der Waals surface area contributed by atoms with E-state index in [4.69, 9.17) is 14.7 Å². The van der Waals surface area contributed by atoms with E-state index in [0.717, 1.165) is 41.9 Å². The van der Waals surface area contributed by atoms with Crippen LogP contribution in [0.1, 0.15) is 40.9 Å². The van der Waals surface area contributed by atoms with Gasteiger partial charge in [0, 0.05) is 30.2 Å². The van der Waals surface area contributed by atoms with Crippen molar-refractivity contribution < 1.29 is 9.57 Å². The number of hydroxylamine groups is 1. The van der Waals surface area contributed by atoms with Crippen LogP contribution < -0.4 is 5.48 Å². The summed E-state index contributed by atoms with van der Waals surface area (Å²) in [6.07, 6.45) is 7.54. The number of nitrogens with one attached hydrogen (secondary N) is 2. The minimum Gasteiger partial charge on any atom is -0.382 e. The Hall–Kier alpha value is -3.15. The van der Waals surface area contributed by atoms with Gasteiger partial charge in [0.05, 0.1) is 18.9 Å². The summed E-state index contributed by atoms with van der Waals surface area (Å²) in [6, 6.07) is 21.4. The Labute approximate surface area is 182 Å². The molecule has 1 fully saturated rings. The molecule has 5 nitrogen and oxygen atoms in total. The van der Waals surface area contributed by atoms with Crippen LogP contribution in [0.4, 0.5) is 0 Å². The Morgan fingerprint density at radius 3 is 2.29 bits per heavy atom. The molecule has 2 aliphatic carbocycles. The highest BCUT2D eigenvalue weighted by Crippen LogP contribution is 2.43. The first-order valence-corrected chi connectivity index (χ1v) is 10.8. The smallest absolute Gasteiger partial charge is 0.118 e. The number of ether oxygens (including phenoxy) is 1. The topological polar surface area (TPSA) is 59.2 Å². The van der Waals surface area contributed by atoms with Crippen LogP contribution in [0.15, 0.2) is 72.3 Å². The summed E-state index contributed by atoms with van der Waals surface area (Å²) in [5.41, 5.74) is 11.0. The highest BCUT2D eigenvalue weighted by atomic mass is 16.7.